The Morgan fingerprint density at radius 3 is 2.92 bits per heavy atom. The van der Waals surface area contributed by atoms with E-state index in [2.05, 4.69) is 20.3 Å². The number of anilines is 1. The monoisotopic (exact) mass is 367 g/mol. The first-order valence-corrected chi connectivity index (χ1v) is 8.02. The first kappa shape index (κ1) is 18.4. The molecule has 1 amide bonds. The second kappa shape index (κ2) is 7.88. The Morgan fingerprint density at radius 2 is 2.15 bits per heavy atom. The summed E-state index contributed by atoms with van der Waals surface area (Å²) in [4.78, 5) is 23.5. The third-order valence-corrected chi connectivity index (χ3v) is 3.98. The molecule has 1 saturated heterocycles. The van der Waals surface area contributed by atoms with Crippen molar-refractivity contribution in [1.29, 1.82) is 0 Å². The molecule has 3 rings (SSSR count). The molecule has 26 heavy (non-hydrogen) atoms. The van der Waals surface area contributed by atoms with Crippen LogP contribution in [0.2, 0.25) is 0 Å². The molecule has 0 radical (unpaired) electrons. The van der Waals surface area contributed by atoms with Crippen molar-refractivity contribution in [3.63, 3.8) is 0 Å². The number of nitrogen functional groups attached to an aromatic ring is 1. The van der Waals surface area contributed by atoms with Crippen LogP contribution in [0.5, 0.6) is 0 Å². The van der Waals surface area contributed by atoms with Gasteiger partial charge in [0.15, 0.2) is 17.7 Å². The molecule has 12 nitrogen and oxygen atoms in total. The van der Waals surface area contributed by atoms with Crippen molar-refractivity contribution >= 4 is 22.9 Å². The van der Waals surface area contributed by atoms with Gasteiger partial charge in [0.2, 0.25) is 5.91 Å². The molecule has 4 atom stereocenters. The van der Waals surface area contributed by atoms with E-state index >= 15 is 0 Å². The van der Waals surface area contributed by atoms with Crippen molar-refractivity contribution in [2.45, 2.75) is 24.5 Å². The summed E-state index contributed by atoms with van der Waals surface area (Å²) >= 11 is 0. The minimum atomic E-state index is -1.23. The fourth-order valence-electron chi connectivity index (χ4n) is 2.68. The highest BCUT2D eigenvalue weighted by molar-refractivity contribution is 5.81. The Hall–Kier alpha value is -2.38. The van der Waals surface area contributed by atoms with E-state index in [0.29, 0.717) is 24.3 Å². The highest BCUT2D eigenvalue weighted by atomic mass is 16.6. The van der Waals surface area contributed by atoms with Crippen LogP contribution < -0.4 is 16.8 Å². The van der Waals surface area contributed by atoms with Crippen molar-refractivity contribution in [3.8, 4) is 0 Å². The Bertz CT molecular complexity index is 769. The maximum absolute atomic E-state index is 11.5. The van der Waals surface area contributed by atoms with E-state index in [1.54, 1.807) is 0 Å². The Morgan fingerprint density at radius 1 is 1.35 bits per heavy atom. The SMILES string of the molecule is NCCNC(=O)COC[C@H]1O[C@@H](n2cnc3c(N)ncnc32)[C@H](O)[C@@H]1O. The smallest absolute Gasteiger partial charge is 0.246 e. The number of nitrogens with two attached hydrogens (primary N) is 2. The molecule has 0 saturated carbocycles. The van der Waals surface area contributed by atoms with Gasteiger partial charge in [0.25, 0.3) is 0 Å². The lowest BCUT2D eigenvalue weighted by Crippen LogP contribution is -2.36. The van der Waals surface area contributed by atoms with E-state index in [1.165, 1.54) is 17.2 Å². The highest BCUT2D eigenvalue weighted by Crippen LogP contribution is 2.32. The number of carbonyl (C=O) groups excluding carboxylic acids is 1. The third kappa shape index (κ3) is 3.59. The van der Waals surface area contributed by atoms with Crippen LogP contribution >= 0.6 is 0 Å². The molecular weight excluding hydrogens is 346 g/mol. The van der Waals surface area contributed by atoms with Gasteiger partial charge < -0.3 is 36.5 Å². The van der Waals surface area contributed by atoms with Crippen LogP contribution in [0, 0.1) is 0 Å². The van der Waals surface area contributed by atoms with Gasteiger partial charge in [0, 0.05) is 13.1 Å². The van der Waals surface area contributed by atoms with Crippen molar-refractivity contribution in [2.75, 3.05) is 32.0 Å². The summed E-state index contributed by atoms with van der Waals surface area (Å²) in [7, 11) is 0. The molecule has 2 aromatic heterocycles. The summed E-state index contributed by atoms with van der Waals surface area (Å²) in [5, 5.41) is 23.1. The van der Waals surface area contributed by atoms with Crippen LogP contribution in [0.15, 0.2) is 12.7 Å². The van der Waals surface area contributed by atoms with Crippen molar-refractivity contribution < 1.29 is 24.5 Å². The largest absolute Gasteiger partial charge is 0.387 e. The number of hydrogen-bond donors (Lipinski definition) is 5. The Labute approximate surface area is 148 Å². The predicted molar refractivity (Wildman–Crippen MR) is 88.5 cm³/mol. The van der Waals surface area contributed by atoms with Crippen LogP contribution in [0.3, 0.4) is 0 Å². The summed E-state index contributed by atoms with van der Waals surface area (Å²) in [5.41, 5.74) is 11.8. The summed E-state index contributed by atoms with van der Waals surface area (Å²) in [5.74, 6) is -0.127. The first-order chi connectivity index (χ1) is 12.5. The van der Waals surface area contributed by atoms with Crippen LogP contribution in [0.25, 0.3) is 11.2 Å². The zero-order chi connectivity index (χ0) is 18.7. The fourth-order valence-corrected chi connectivity index (χ4v) is 2.68. The van der Waals surface area contributed by atoms with E-state index in [1.807, 2.05) is 0 Å². The standard InChI is InChI=1S/C14H21N7O5/c15-1-2-17-8(22)4-25-3-7-10(23)11(24)14(26-7)21-6-20-9-12(16)18-5-19-13(9)21/h5-7,10-11,14,23-24H,1-4,15H2,(H,17,22)(H2,16,18,19)/t7-,10-,11-,14-/m1/s1. The zero-order valence-electron chi connectivity index (χ0n) is 13.9. The average molecular weight is 367 g/mol. The van der Waals surface area contributed by atoms with Crippen LogP contribution in [-0.2, 0) is 14.3 Å². The van der Waals surface area contributed by atoms with E-state index in [-0.39, 0.29) is 24.9 Å². The zero-order valence-corrected chi connectivity index (χ0v) is 13.9. The molecule has 0 bridgehead atoms. The summed E-state index contributed by atoms with van der Waals surface area (Å²) < 4.78 is 12.4. The van der Waals surface area contributed by atoms with E-state index < -0.39 is 24.5 Å². The number of aliphatic hydroxyl groups excluding tert-OH is 2. The highest BCUT2D eigenvalue weighted by Gasteiger charge is 2.44. The molecule has 1 aliphatic heterocycles. The molecular formula is C14H21N7O5. The minimum Gasteiger partial charge on any atom is -0.387 e. The number of hydrogen-bond acceptors (Lipinski definition) is 10. The van der Waals surface area contributed by atoms with Crippen LogP contribution in [-0.4, -0.2) is 80.3 Å². The van der Waals surface area contributed by atoms with Crippen molar-refractivity contribution in [2.24, 2.45) is 5.73 Å². The molecule has 7 N–H and O–H groups in total. The second-order valence-electron chi connectivity index (χ2n) is 5.78. The number of fused-ring (bicyclic) bond motifs is 1. The summed E-state index contributed by atoms with van der Waals surface area (Å²) in [6, 6.07) is 0. The number of aliphatic hydroxyl groups is 2. The molecule has 0 aromatic carbocycles. The van der Waals surface area contributed by atoms with Crippen molar-refractivity contribution in [1.82, 2.24) is 24.8 Å². The Balaban J connectivity index is 1.64. The molecule has 0 spiro atoms. The van der Waals surface area contributed by atoms with Crippen LogP contribution in [0.1, 0.15) is 6.23 Å². The number of rotatable bonds is 7. The summed E-state index contributed by atoms with van der Waals surface area (Å²) in [6.45, 7) is 0.404. The quantitative estimate of drug-likeness (QED) is 0.340. The topological polar surface area (TPSA) is 184 Å². The molecule has 0 unspecified atom stereocenters. The maximum Gasteiger partial charge on any atom is 0.246 e. The fraction of sp³-hybridized carbons (Fsp3) is 0.571. The number of amides is 1. The van der Waals surface area contributed by atoms with Crippen molar-refractivity contribution in [3.05, 3.63) is 12.7 Å². The van der Waals surface area contributed by atoms with E-state index in [4.69, 9.17) is 20.9 Å². The molecule has 1 fully saturated rings. The average Bonchev–Trinajstić information content (AvgIpc) is 3.17. The van der Waals surface area contributed by atoms with Gasteiger partial charge >= 0.3 is 0 Å². The van der Waals surface area contributed by atoms with Gasteiger partial charge in [0.05, 0.1) is 12.9 Å². The number of carbonyl (C=O) groups is 1. The molecule has 142 valence electrons. The summed E-state index contributed by atoms with van der Waals surface area (Å²) in [6.07, 6.45) is -1.52. The molecule has 12 heteroatoms. The van der Waals surface area contributed by atoms with Gasteiger partial charge in [-0.05, 0) is 0 Å². The molecule has 1 aliphatic rings. The number of ether oxygens (including phenoxy) is 2. The minimum absolute atomic E-state index is 0.0749. The predicted octanol–water partition coefficient (Wildman–Crippen LogP) is -2.88. The van der Waals surface area contributed by atoms with Gasteiger partial charge in [-0.1, -0.05) is 0 Å². The first-order valence-electron chi connectivity index (χ1n) is 8.02. The molecule has 0 aliphatic carbocycles. The van der Waals surface area contributed by atoms with E-state index in [9.17, 15) is 15.0 Å². The second-order valence-corrected chi connectivity index (χ2v) is 5.78. The van der Waals surface area contributed by atoms with Crippen LogP contribution in [0.4, 0.5) is 5.82 Å². The number of nitrogens with zero attached hydrogens (tertiary/aromatic N) is 4. The van der Waals surface area contributed by atoms with Gasteiger partial charge in [-0.2, -0.15) is 0 Å². The lowest BCUT2D eigenvalue weighted by molar-refractivity contribution is -0.128. The van der Waals surface area contributed by atoms with Gasteiger partial charge in [-0.3, -0.25) is 9.36 Å². The lowest BCUT2D eigenvalue weighted by atomic mass is 10.1. The normalized spacial score (nSPS) is 25.7. The number of imidazole rings is 1. The molecule has 2 aromatic rings. The maximum atomic E-state index is 11.5. The lowest BCUT2D eigenvalue weighted by Gasteiger charge is -2.16. The third-order valence-electron chi connectivity index (χ3n) is 3.98. The van der Waals surface area contributed by atoms with Gasteiger partial charge in [-0.15, -0.1) is 0 Å². The Kier molecular flexibility index (Phi) is 5.58. The van der Waals surface area contributed by atoms with Gasteiger partial charge in [0.1, 0.15) is 36.8 Å². The number of aromatic nitrogens is 4. The van der Waals surface area contributed by atoms with Gasteiger partial charge in [-0.25, -0.2) is 15.0 Å². The molecule has 3 heterocycles. The number of nitrogens with one attached hydrogen (secondary N) is 1. The van der Waals surface area contributed by atoms with E-state index in [0.717, 1.165) is 0 Å².